The monoisotopic (exact) mass is 340 g/mol. The number of phenols is 1. The predicted octanol–water partition coefficient (Wildman–Crippen LogP) is 1.44. The molecule has 0 unspecified atom stereocenters. The fourth-order valence-electron chi connectivity index (χ4n) is 1.92. The van der Waals surface area contributed by atoms with E-state index in [9.17, 15) is 14.7 Å². The Hall–Kier alpha value is -2.02. The summed E-state index contributed by atoms with van der Waals surface area (Å²) in [4.78, 5) is 27.7. The van der Waals surface area contributed by atoms with E-state index in [1.165, 1.54) is 7.11 Å². The Kier molecular flexibility index (Phi) is 3.99. The first kappa shape index (κ1) is 14.4. The number of methoxy groups -OCH3 is 1. The lowest BCUT2D eigenvalue weighted by Gasteiger charge is -2.10. The third-order valence-corrected chi connectivity index (χ3v) is 3.89. The number of hydrogen-bond acceptors (Lipinski definition) is 4. The summed E-state index contributed by atoms with van der Waals surface area (Å²) in [6.45, 7) is 1.66. The molecule has 3 N–H and O–H groups in total. The highest BCUT2D eigenvalue weighted by molar-refractivity contribution is 9.10. The summed E-state index contributed by atoms with van der Waals surface area (Å²) in [6.07, 6.45) is 0.274. The maximum atomic E-state index is 11.8. The number of rotatable bonds is 3. The number of hydrogen-bond donors (Lipinski definition) is 3. The number of benzene rings is 1. The summed E-state index contributed by atoms with van der Waals surface area (Å²) in [5, 5.41) is 9.92. The first-order valence-corrected chi connectivity index (χ1v) is 6.59. The molecule has 1 aromatic carbocycles. The van der Waals surface area contributed by atoms with Crippen molar-refractivity contribution in [3.05, 3.63) is 54.3 Å². The highest BCUT2D eigenvalue weighted by Crippen LogP contribution is 2.37. The lowest BCUT2D eigenvalue weighted by atomic mass is 10.0. The van der Waals surface area contributed by atoms with Crippen molar-refractivity contribution in [1.29, 1.82) is 0 Å². The van der Waals surface area contributed by atoms with Crippen LogP contribution in [0.25, 0.3) is 0 Å². The highest BCUT2D eigenvalue weighted by atomic mass is 79.9. The molecule has 0 amide bonds. The molecule has 0 aliphatic rings. The molecule has 2 aromatic rings. The zero-order valence-corrected chi connectivity index (χ0v) is 12.5. The van der Waals surface area contributed by atoms with Gasteiger partial charge in [-0.25, -0.2) is 4.79 Å². The predicted molar refractivity (Wildman–Crippen MR) is 77.6 cm³/mol. The largest absolute Gasteiger partial charge is 0.503 e. The molecule has 1 heterocycles. The van der Waals surface area contributed by atoms with Gasteiger partial charge in [0.15, 0.2) is 11.5 Å². The van der Waals surface area contributed by atoms with Gasteiger partial charge in [0.2, 0.25) is 0 Å². The van der Waals surface area contributed by atoms with Gasteiger partial charge in [-0.15, -0.1) is 0 Å². The van der Waals surface area contributed by atoms with E-state index in [0.717, 1.165) is 0 Å². The van der Waals surface area contributed by atoms with Gasteiger partial charge in [0, 0.05) is 17.7 Å². The van der Waals surface area contributed by atoms with E-state index in [-0.39, 0.29) is 12.2 Å². The summed E-state index contributed by atoms with van der Waals surface area (Å²) in [7, 11) is 1.46. The second-order valence-electron chi connectivity index (χ2n) is 4.28. The lowest BCUT2D eigenvalue weighted by molar-refractivity contribution is 0.371. The van der Waals surface area contributed by atoms with Crippen molar-refractivity contribution in [2.45, 2.75) is 13.3 Å². The molecule has 0 atom stereocenters. The van der Waals surface area contributed by atoms with Crippen molar-refractivity contribution in [2.75, 3.05) is 7.11 Å². The van der Waals surface area contributed by atoms with E-state index in [2.05, 4.69) is 25.9 Å². The second-order valence-corrected chi connectivity index (χ2v) is 5.07. The van der Waals surface area contributed by atoms with Crippen LogP contribution in [-0.4, -0.2) is 22.2 Å². The van der Waals surface area contributed by atoms with E-state index >= 15 is 0 Å². The minimum absolute atomic E-state index is 0.0245. The van der Waals surface area contributed by atoms with Crippen LogP contribution in [-0.2, 0) is 6.42 Å². The van der Waals surface area contributed by atoms with Gasteiger partial charge >= 0.3 is 5.69 Å². The molecule has 0 bridgehead atoms. The van der Waals surface area contributed by atoms with E-state index in [4.69, 9.17) is 4.74 Å². The summed E-state index contributed by atoms with van der Waals surface area (Å²) < 4.78 is 5.46. The van der Waals surface area contributed by atoms with Gasteiger partial charge in [0.25, 0.3) is 5.56 Å². The number of aromatic nitrogens is 2. The summed E-state index contributed by atoms with van der Waals surface area (Å²) in [6, 6.07) is 3.36. The Morgan fingerprint density at radius 1 is 1.30 bits per heavy atom. The molecule has 2 rings (SSSR count). The number of aromatic amines is 2. The molecule has 1 aromatic heterocycles. The highest BCUT2D eigenvalue weighted by Gasteiger charge is 2.14. The van der Waals surface area contributed by atoms with Crippen LogP contribution in [0.3, 0.4) is 0 Å². The van der Waals surface area contributed by atoms with Crippen LogP contribution in [0, 0.1) is 6.92 Å². The van der Waals surface area contributed by atoms with Gasteiger partial charge in [0.1, 0.15) is 0 Å². The molecule has 0 saturated heterocycles. The van der Waals surface area contributed by atoms with Crippen molar-refractivity contribution in [2.24, 2.45) is 0 Å². The van der Waals surface area contributed by atoms with Gasteiger partial charge in [0.05, 0.1) is 11.6 Å². The van der Waals surface area contributed by atoms with Gasteiger partial charge < -0.3 is 14.8 Å². The normalized spacial score (nSPS) is 10.6. The number of phenolic OH excluding ortho intramolecular Hbond substituents is 1. The fraction of sp³-hybridized carbons (Fsp3) is 0.231. The van der Waals surface area contributed by atoms with E-state index < -0.39 is 11.2 Å². The molecule has 0 aliphatic carbocycles. The first-order chi connectivity index (χ1) is 9.43. The van der Waals surface area contributed by atoms with Gasteiger partial charge in [-0.2, -0.15) is 0 Å². The zero-order chi connectivity index (χ0) is 14.9. The van der Waals surface area contributed by atoms with Crippen LogP contribution in [0.2, 0.25) is 0 Å². The molecule has 0 radical (unpaired) electrons. The molecule has 0 fully saturated rings. The molecule has 106 valence electrons. The van der Waals surface area contributed by atoms with Gasteiger partial charge in [-0.3, -0.25) is 9.78 Å². The third-order valence-electron chi connectivity index (χ3n) is 3.00. The van der Waals surface area contributed by atoms with Crippen LogP contribution in [0.15, 0.2) is 26.2 Å². The first-order valence-electron chi connectivity index (χ1n) is 5.80. The summed E-state index contributed by atoms with van der Waals surface area (Å²) in [5.41, 5.74) is 0.682. The number of H-pyrrole nitrogens is 2. The number of aromatic hydroxyl groups is 1. The standard InChI is InChI=1S/C13H13BrN2O4/c1-6-8(12(18)16-13(19)15-6)5-7-3-4-9(20-2)11(17)10(7)14/h3-4,17H,5H2,1-2H3,(H2,15,16,18,19). The maximum Gasteiger partial charge on any atom is 0.325 e. The number of halogens is 1. The third kappa shape index (κ3) is 2.62. The summed E-state index contributed by atoms with van der Waals surface area (Å²) in [5.74, 6) is 0.316. The van der Waals surface area contributed by atoms with Crippen LogP contribution in [0.1, 0.15) is 16.8 Å². The van der Waals surface area contributed by atoms with Gasteiger partial charge in [-0.05, 0) is 34.5 Å². The average Bonchev–Trinajstić information content (AvgIpc) is 2.38. The van der Waals surface area contributed by atoms with Crippen molar-refractivity contribution in [3.8, 4) is 11.5 Å². The van der Waals surface area contributed by atoms with E-state index in [1.807, 2.05) is 0 Å². The van der Waals surface area contributed by atoms with Crippen molar-refractivity contribution >= 4 is 15.9 Å². The zero-order valence-electron chi connectivity index (χ0n) is 10.9. The summed E-state index contributed by atoms with van der Waals surface area (Å²) >= 11 is 3.28. The Balaban J connectivity index is 2.49. The van der Waals surface area contributed by atoms with Crippen molar-refractivity contribution in [3.63, 3.8) is 0 Å². The van der Waals surface area contributed by atoms with Crippen LogP contribution < -0.4 is 16.0 Å². The van der Waals surface area contributed by atoms with Crippen molar-refractivity contribution < 1.29 is 9.84 Å². The molecule has 20 heavy (non-hydrogen) atoms. The Morgan fingerprint density at radius 3 is 2.60 bits per heavy atom. The Bertz CT molecular complexity index is 764. The van der Waals surface area contributed by atoms with Crippen molar-refractivity contribution in [1.82, 2.24) is 9.97 Å². The number of ether oxygens (including phenoxy) is 1. The Labute approximate surface area is 122 Å². The van der Waals surface area contributed by atoms with E-state index in [1.54, 1.807) is 19.1 Å². The molecule has 0 aliphatic heterocycles. The van der Waals surface area contributed by atoms with E-state index in [0.29, 0.717) is 27.0 Å². The fourth-order valence-corrected chi connectivity index (χ4v) is 2.39. The number of nitrogens with one attached hydrogen (secondary N) is 2. The smallest absolute Gasteiger partial charge is 0.325 e. The van der Waals surface area contributed by atoms with Crippen LogP contribution in [0.4, 0.5) is 0 Å². The molecular weight excluding hydrogens is 328 g/mol. The molecule has 0 spiro atoms. The average molecular weight is 341 g/mol. The second kappa shape index (κ2) is 5.54. The van der Waals surface area contributed by atoms with Gasteiger partial charge in [-0.1, -0.05) is 6.07 Å². The topological polar surface area (TPSA) is 95.2 Å². The van der Waals surface area contributed by atoms with Crippen LogP contribution >= 0.6 is 15.9 Å². The lowest BCUT2D eigenvalue weighted by Crippen LogP contribution is -2.27. The van der Waals surface area contributed by atoms with Crippen LogP contribution in [0.5, 0.6) is 11.5 Å². The maximum absolute atomic E-state index is 11.8. The molecule has 7 heteroatoms. The minimum atomic E-state index is -0.534. The number of aryl methyl sites for hydroxylation is 1. The molecular formula is C13H13BrN2O4. The minimum Gasteiger partial charge on any atom is -0.503 e. The SMILES string of the molecule is COc1ccc(Cc2c(C)[nH]c(=O)[nH]c2=O)c(Br)c1O. The Morgan fingerprint density at radius 2 is 2.00 bits per heavy atom. The quantitative estimate of drug-likeness (QED) is 0.787. The molecule has 6 nitrogen and oxygen atoms in total. The molecule has 0 saturated carbocycles.